The number of ether oxygens (including phenoxy) is 1. The van der Waals surface area contributed by atoms with Gasteiger partial charge in [-0.15, -0.1) is 0 Å². The summed E-state index contributed by atoms with van der Waals surface area (Å²) in [6.45, 7) is 0. The molecule has 0 spiro atoms. The van der Waals surface area contributed by atoms with Gasteiger partial charge >= 0.3 is 5.69 Å². The zero-order valence-corrected chi connectivity index (χ0v) is 11.2. The first-order valence-electron chi connectivity index (χ1n) is 4.80. The van der Waals surface area contributed by atoms with E-state index in [0.717, 1.165) is 4.47 Å². The molecule has 2 rings (SSSR count). The van der Waals surface area contributed by atoms with Crippen LogP contribution in [0.4, 0.5) is 5.69 Å². The van der Waals surface area contributed by atoms with Crippen molar-refractivity contribution in [3.63, 3.8) is 0 Å². The van der Waals surface area contributed by atoms with E-state index in [1.54, 1.807) is 18.2 Å². The number of nitrogens with zero attached hydrogens (tertiary/aromatic N) is 2. The van der Waals surface area contributed by atoms with Crippen molar-refractivity contribution in [1.29, 1.82) is 0 Å². The normalized spacial score (nSPS) is 10.1. The largest absolute Gasteiger partial charge is 0.432 e. The first-order chi connectivity index (χ1) is 8.58. The van der Waals surface area contributed by atoms with Gasteiger partial charge in [0.15, 0.2) is 0 Å². The molecule has 0 fully saturated rings. The first-order valence-corrected chi connectivity index (χ1v) is 5.97. The van der Waals surface area contributed by atoms with Gasteiger partial charge in [0.1, 0.15) is 5.75 Å². The molecule has 0 amide bonds. The summed E-state index contributed by atoms with van der Waals surface area (Å²) in [6.07, 6.45) is 1.41. The zero-order chi connectivity index (χ0) is 13.1. The van der Waals surface area contributed by atoms with E-state index in [1.807, 2.05) is 0 Å². The third-order valence-corrected chi connectivity index (χ3v) is 2.85. The highest BCUT2D eigenvalue weighted by Gasteiger charge is 2.17. The van der Waals surface area contributed by atoms with E-state index in [1.165, 1.54) is 18.3 Å². The molecule has 0 aliphatic carbocycles. The Morgan fingerprint density at radius 1 is 1.39 bits per heavy atom. The van der Waals surface area contributed by atoms with Gasteiger partial charge in [0, 0.05) is 16.7 Å². The van der Waals surface area contributed by atoms with Crippen LogP contribution in [0.1, 0.15) is 0 Å². The predicted molar refractivity (Wildman–Crippen MR) is 70.1 cm³/mol. The molecule has 1 aromatic carbocycles. The van der Waals surface area contributed by atoms with Crippen LogP contribution in [0, 0.1) is 10.1 Å². The minimum atomic E-state index is -0.561. The van der Waals surface area contributed by atoms with E-state index in [2.05, 4.69) is 20.9 Å². The van der Waals surface area contributed by atoms with Crippen LogP contribution in [0.2, 0.25) is 5.02 Å². The van der Waals surface area contributed by atoms with Crippen molar-refractivity contribution in [2.24, 2.45) is 0 Å². The smallest absolute Gasteiger partial charge is 0.331 e. The number of benzene rings is 1. The molecule has 0 saturated carbocycles. The predicted octanol–water partition coefficient (Wildman–Crippen LogP) is 4.20. The molecule has 2 aromatic rings. The lowest BCUT2D eigenvalue weighted by Crippen LogP contribution is -1.95. The molecule has 0 radical (unpaired) electrons. The Kier molecular flexibility index (Phi) is 3.78. The number of hydrogen-bond donors (Lipinski definition) is 0. The lowest BCUT2D eigenvalue weighted by molar-refractivity contribution is -0.386. The maximum Gasteiger partial charge on any atom is 0.331 e. The Bertz CT molecular complexity index is 607. The second-order valence-corrected chi connectivity index (χ2v) is 4.58. The van der Waals surface area contributed by atoms with Crippen LogP contribution in [0.5, 0.6) is 11.6 Å². The quantitative estimate of drug-likeness (QED) is 0.625. The minimum Gasteiger partial charge on any atom is -0.432 e. The molecule has 0 unspecified atom stereocenters. The van der Waals surface area contributed by atoms with Crippen LogP contribution in [0.15, 0.2) is 41.0 Å². The summed E-state index contributed by atoms with van der Waals surface area (Å²) < 4.78 is 6.12. The molecule has 0 N–H and O–H groups in total. The summed E-state index contributed by atoms with van der Waals surface area (Å²) >= 11 is 9.20. The zero-order valence-electron chi connectivity index (χ0n) is 8.84. The monoisotopic (exact) mass is 328 g/mol. The molecule has 1 heterocycles. The highest BCUT2D eigenvalue weighted by atomic mass is 79.9. The Hall–Kier alpha value is -1.66. The molecule has 1 aromatic heterocycles. The highest BCUT2D eigenvalue weighted by molar-refractivity contribution is 9.10. The van der Waals surface area contributed by atoms with Gasteiger partial charge < -0.3 is 4.74 Å². The summed E-state index contributed by atoms with van der Waals surface area (Å²) in [4.78, 5) is 14.1. The molecule has 18 heavy (non-hydrogen) atoms. The van der Waals surface area contributed by atoms with Crippen LogP contribution in [0.25, 0.3) is 0 Å². The number of rotatable bonds is 3. The molecular formula is C11H6BrClN2O3. The Balaban J connectivity index is 2.40. The fourth-order valence-corrected chi connectivity index (χ4v) is 1.76. The molecule has 5 nitrogen and oxygen atoms in total. The minimum absolute atomic E-state index is 0.0949. The van der Waals surface area contributed by atoms with E-state index < -0.39 is 4.92 Å². The summed E-state index contributed by atoms with van der Waals surface area (Å²) in [5, 5.41) is 11.2. The van der Waals surface area contributed by atoms with E-state index in [-0.39, 0.29) is 11.6 Å². The lowest BCUT2D eigenvalue weighted by Gasteiger charge is -2.06. The van der Waals surface area contributed by atoms with Crippen molar-refractivity contribution in [3.05, 3.63) is 56.1 Å². The van der Waals surface area contributed by atoms with E-state index in [0.29, 0.717) is 10.8 Å². The van der Waals surface area contributed by atoms with Gasteiger partial charge in [-0.2, -0.15) is 0 Å². The average molecular weight is 330 g/mol. The summed E-state index contributed by atoms with van der Waals surface area (Å²) in [5.41, 5.74) is -0.214. The Labute approximate surface area is 116 Å². The van der Waals surface area contributed by atoms with Crippen molar-refractivity contribution in [3.8, 4) is 11.6 Å². The van der Waals surface area contributed by atoms with Gasteiger partial charge in [-0.3, -0.25) is 10.1 Å². The van der Waals surface area contributed by atoms with Crippen LogP contribution in [-0.2, 0) is 0 Å². The number of nitro groups is 1. The molecule has 0 aliphatic rings. The maximum atomic E-state index is 10.8. The van der Waals surface area contributed by atoms with E-state index >= 15 is 0 Å². The summed E-state index contributed by atoms with van der Waals surface area (Å²) in [5.74, 6) is 0.204. The van der Waals surface area contributed by atoms with Crippen LogP contribution >= 0.6 is 27.5 Å². The lowest BCUT2D eigenvalue weighted by atomic mass is 10.3. The van der Waals surface area contributed by atoms with Crippen molar-refractivity contribution < 1.29 is 9.66 Å². The van der Waals surface area contributed by atoms with Crippen molar-refractivity contribution in [1.82, 2.24) is 4.98 Å². The molecule has 92 valence electrons. The molecule has 7 heteroatoms. The Morgan fingerprint density at radius 2 is 2.17 bits per heavy atom. The second kappa shape index (κ2) is 5.32. The van der Waals surface area contributed by atoms with Crippen LogP contribution in [0.3, 0.4) is 0 Å². The molecular weight excluding hydrogens is 323 g/mol. The molecule has 0 aliphatic heterocycles. The number of hydrogen-bond acceptors (Lipinski definition) is 4. The molecule has 0 saturated heterocycles. The Morgan fingerprint density at radius 3 is 2.89 bits per heavy atom. The van der Waals surface area contributed by atoms with Gasteiger partial charge in [-0.05, 0) is 24.3 Å². The first kappa shape index (κ1) is 12.8. The second-order valence-electron chi connectivity index (χ2n) is 3.26. The third-order valence-electron chi connectivity index (χ3n) is 2.05. The van der Waals surface area contributed by atoms with Crippen molar-refractivity contribution in [2.75, 3.05) is 0 Å². The van der Waals surface area contributed by atoms with Gasteiger partial charge in [-0.25, -0.2) is 4.98 Å². The van der Waals surface area contributed by atoms with Gasteiger partial charge in [0.05, 0.1) is 9.95 Å². The molecule has 0 atom stereocenters. The number of pyridine rings is 1. The van der Waals surface area contributed by atoms with Gasteiger partial charge in [-0.1, -0.05) is 27.5 Å². The van der Waals surface area contributed by atoms with Crippen LogP contribution in [-0.4, -0.2) is 9.91 Å². The topological polar surface area (TPSA) is 65.3 Å². The summed E-state index contributed by atoms with van der Waals surface area (Å²) in [6, 6.07) is 7.75. The SMILES string of the molecule is O=[N+]([O-])c1cccnc1Oc1cc(Br)ccc1Cl. The fourth-order valence-electron chi connectivity index (χ4n) is 1.26. The fraction of sp³-hybridized carbons (Fsp3) is 0. The van der Waals surface area contributed by atoms with Crippen LogP contribution < -0.4 is 4.74 Å². The van der Waals surface area contributed by atoms with Crippen molar-refractivity contribution >= 4 is 33.2 Å². The number of aromatic nitrogens is 1. The van der Waals surface area contributed by atoms with Gasteiger partial charge in [0.2, 0.25) is 0 Å². The third kappa shape index (κ3) is 2.77. The van der Waals surface area contributed by atoms with E-state index in [9.17, 15) is 10.1 Å². The number of halogens is 2. The van der Waals surface area contributed by atoms with Gasteiger partial charge in [0.25, 0.3) is 5.88 Å². The standard InChI is InChI=1S/C11H6BrClN2O3/c12-7-3-4-8(13)10(6-7)18-11-9(15(16)17)2-1-5-14-11/h1-6H. The maximum absolute atomic E-state index is 10.8. The van der Waals surface area contributed by atoms with E-state index in [4.69, 9.17) is 16.3 Å². The summed E-state index contributed by atoms with van der Waals surface area (Å²) in [7, 11) is 0. The van der Waals surface area contributed by atoms with Crippen molar-refractivity contribution in [2.45, 2.75) is 0 Å². The molecule has 0 bridgehead atoms. The highest BCUT2D eigenvalue weighted by Crippen LogP contribution is 2.34. The average Bonchev–Trinajstić information content (AvgIpc) is 2.34.